The van der Waals surface area contributed by atoms with Crippen LogP contribution in [0.25, 0.3) is 0 Å². The molecule has 2 rings (SSSR count). The minimum Gasteiger partial charge on any atom is -0.481 e. The molecule has 0 heterocycles. The first-order valence-electron chi connectivity index (χ1n) is 7.08. The molecule has 0 fully saturated rings. The molecular formula is C17H15Cl3N2O2. The SMILES string of the molecule is Cc1cc(Cl)ccc1OC(C)C(=O)NN=Cc1c(Cl)cccc1Cl. The minimum atomic E-state index is -0.733. The normalized spacial score (nSPS) is 12.2. The molecule has 4 nitrogen and oxygen atoms in total. The van der Waals surface area contributed by atoms with Gasteiger partial charge in [-0.05, 0) is 49.7 Å². The fraction of sp³-hybridized carbons (Fsp3) is 0.176. The Morgan fingerprint density at radius 3 is 2.50 bits per heavy atom. The molecule has 0 saturated heterocycles. The third kappa shape index (κ3) is 4.87. The molecule has 1 amide bonds. The number of rotatable bonds is 5. The number of benzene rings is 2. The van der Waals surface area contributed by atoms with Crippen molar-refractivity contribution in [2.24, 2.45) is 5.10 Å². The van der Waals surface area contributed by atoms with E-state index in [-0.39, 0.29) is 0 Å². The van der Waals surface area contributed by atoms with Crippen LogP contribution in [0.2, 0.25) is 15.1 Å². The van der Waals surface area contributed by atoms with Crippen molar-refractivity contribution in [1.29, 1.82) is 0 Å². The van der Waals surface area contributed by atoms with Crippen LogP contribution in [0.5, 0.6) is 5.75 Å². The molecule has 1 N–H and O–H groups in total. The molecule has 7 heteroatoms. The van der Waals surface area contributed by atoms with Gasteiger partial charge >= 0.3 is 0 Å². The van der Waals surface area contributed by atoms with Crippen LogP contribution in [0.3, 0.4) is 0 Å². The number of hydrogen-bond acceptors (Lipinski definition) is 3. The number of hydrazone groups is 1. The lowest BCUT2D eigenvalue weighted by molar-refractivity contribution is -0.127. The highest BCUT2D eigenvalue weighted by Crippen LogP contribution is 2.23. The summed E-state index contributed by atoms with van der Waals surface area (Å²) in [5, 5.41) is 5.37. The third-order valence-electron chi connectivity index (χ3n) is 3.18. The van der Waals surface area contributed by atoms with Gasteiger partial charge in [0.15, 0.2) is 6.10 Å². The van der Waals surface area contributed by atoms with Crippen LogP contribution in [0.1, 0.15) is 18.1 Å². The van der Waals surface area contributed by atoms with E-state index in [4.69, 9.17) is 39.5 Å². The van der Waals surface area contributed by atoms with E-state index in [0.717, 1.165) is 5.56 Å². The average Bonchev–Trinajstić information content (AvgIpc) is 2.52. The van der Waals surface area contributed by atoms with E-state index >= 15 is 0 Å². The lowest BCUT2D eigenvalue weighted by atomic mass is 10.2. The number of ether oxygens (including phenoxy) is 1. The van der Waals surface area contributed by atoms with Crippen LogP contribution in [0.15, 0.2) is 41.5 Å². The third-order valence-corrected chi connectivity index (χ3v) is 4.07. The van der Waals surface area contributed by atoms with Crippen LogP contribution in [-0.4, -0.2) is 18.2 Å². The Morgan fingerprint density at radius 2 is 1.88 bits per heavy atom. The molecule has 2 aromatic carbocycles. The predicted molar refractivity (Wildman–Crippen MR) is 98.5 cm³/mol. The van der Waals surface area contributed by atoms with Crippen molar-refractivity contribution in [3.05, 3.63) is 62.6 Å². The molecule has 2 aromatic rings. The largest absolute Gasteiger partial charge is 0.481 e. The Morgan fingerprint density at radius 1 is 1.21 bits per heavy atom. The number of nitrogens with one attached hydrogen (secondary N) is 1. The summed E-state index contributed by atoms with van der Waals surface area (Å²) in [4.78, 5) is 12.0. The van der Waals surface area contributed by atoms with Crippen molar-refractivity contribution in [2.75, 3.05) is 0 Å². The molecule has 0 bridgehead atoms. The molecule has 0 spiro atoms. The number of carbonyl (C=O) groups is 1. The van der Waals surface area contributed by atoms with Crippen molar-refractivity contribution >= 4 is 46.9 Å². The zero-order valence-corrected chi connectivity index (χ0v) is 15.3. The first kappa shape index (κ1) is 18.6. The molecule has 0 aromatic heterocycles. The monoisotopic (exact) mass is 384 g/mol. The first-order valence-corrected chi connectivity index (χ1v) is 8.21. The van der Waals surface area contributed by atoms with Gasteiger partial charge in [-0.15, -0.1) is 0 Å². The maximum absolute atomic E-state index is 12.0. The zero-order chi connectivity index (χ0) is 17.7. The van der Waals surface area contributed by atoms with Crippen molar-refractivity contribution in [1.82, 2.24) is 5.43 Å². The molecule has 0 saturated carbocycles. The van der Waals surface area contributed by atoms with Gasteiger partial charge in [0.05, 0.1) is 16.3 Å². The maximum Gasteiger partial charge on any atom is 0.280 e. The van der Waals surface area contributed by atoms with Crippen LogP contribution >= 0.6 is 34.8 Å². The van der Waals surface area contributed by atoms with E-state index in [9.17, 15) is 4.79 Å². The fourth-order valence-corrected chi connectivity index (χ4v) is 2.60. The summed E-state index contributed by atoms with van der Waals surface area (Å²) in [7, 11) is 0. The van der Waals surface area contributed by atoms with Crippen LogP contribution in [0, 0.1) is 6.92 Å². The summed E-state index contributed by atoms with van der Waals surface area (Å²) in [6.07, 6.45) is 0.659. The van der Waals surface area contributed by atoms with Gasteiger partial charge in [-0.2, -0.15) is 5.10 Å². The predicted octanol–water partition coefficient (Wildman–Crippen LogP) is 4.87. The molecule has 1 unspecified atom stereocenters. The van der Waals surface area contributed by atoms with Gasteiger partial charge in [-0.3, -0.25) is 4.79 Å². The molecule has 0 radical (unpaired) electrons. The standard InChI is InChI=1S/C17H15Cl3N2O2/c1-10-8-12(18)6-7-16(10)24-11(2)17(23)22-21-9-13-14(19)4-3-5-15(13)20/h3-9,11H,1-2H3,(H,22,23). The van der Waals surface area contributed by atoms with Gasteiger partial charge < -0.3 is 4.74 Å². The Bertz CT molecular complexity index is 758. The highest BCUT2D eigenvalue weighted by atomic mass is 35.5. The van der Waals surface area contributed by atoms with Crippen molar-refractivity contribution in [2.45, 2.75) is 20.0 Å². The molecule has 126 valence electrons. The van der Waals surface area contributed by atoms with E-state index in [1.807, 2.05) is 6.92 Å². The average molecular weight is 386 g/mol. The van der Waals surface area contributed by atoms with E-state index in [2.05, 4.69) is 10.5 Å². The van der Waals surface area contributed by atoms with Gasteiger partial charge in [0.1, 0.15) is 5.75 Å². The minimum absolute atomic E-state index is 0.399. The lowest BCUT2D eigenvalue weighted by Crippen LogP contribution is -2.33. The van der Waals surface area contributed by atoms with Crippen molar-refractivity contribution in [3.8, 4) is 5.75 Å². The van der Waals surface area contributed by atoms with Crippen molar-refractivity contribution < 1.29 is 9.53 Å². The van der Waals surface area contributed by atoms with Gasteiger partial charge in [0.25, 0.3) is 5.91 Å². The summed E-state index contributed by atoms with van der Waals surface area (Å²) >= 11 is 17.9. The molecular weight excluding hydrogens is 371 g/mol. The zero-order valence-electron chi connectivity index (χ0n) is 13.0. The smallest absolute Gasteiger partial charge is 0.280 e. The topological polar surface area (TPSA) is 50.7 Å². The summed E-state index contributed by atoms with van der Waals surface area (Å²) in [6, 6.07) is 10.3. The van der Waals surface area contributed by atoms with Crippen LogP contribution in [0.4, 0.5) is 0 Å². The second-order valence-corrected chi connectivity index (χ2v) is 6.29. The highest BCUT2D eigenvalue weighted by molar-refractivity contribution is 6.38. The van der Waals surface area contributed by atoms with Gasteiger partial charge in [-0.25, -0.2) is 5.43 Å². The van der Waals surface area contributed by atoms with E-state index in [1.165, 1.54) is 6.21 Å². The first-order chi connectivity index (χ1) is 11.4. The number of nitrogens with zero attached hydrogens (tertiary/aromatic N) is 1. The molecule has 24 heavy (non-hydrogen) atoms. The Labute approximate surface area is 155 Å². The maximum atomic E-state index is 12.0. The van der Waals surface area contributed by atoms with Gasteiger partial charge in [0, 0.05) is 10.6 Å². The fourth-order valence-electron chi connectivity index (χ4n) is 1.87. The van der Waals surface area contributed by atoms with Crippen LogP contribution < -0.4 is 10.2 Å². The van der Waals surface area contributed by atoms with Gasteiger partial charge in [0.2, 0.25) is 0 Å². The van der Waals surface area contributed by atoms with E-state index < -0.39 is 12.0 Å². The number of halogens is 3. The summed E-state index contributed by atoms with van der Waals surface area (Å²) in [5.74, 6) is 0.184. The molecule has 0 aliphatic rings. The molecule has 0 aliphatic heterocycles. The van der Waals surface area contributed by atoms with Crippen molar-refractivity contribution in [3.63, 3.8) is 0 Å². The summed E-state index contributed by atoms with van der Waals surface area (Å²) in [5.41, 5.74) is 3.77. The number of aryl methyl sites for hydroxylation is 1. The van der Waals surface area contributed by atoms with E-state index in [0.29, 0.717) is 26.4 Å². The Hall–Kier alpha value is -1.75. The van der Waals surface area contributed by atoms with Gasteiger partial charge in [-0.1, -0.05) is 40.9 Å². The Kier molecular flexibility index (Phi) is 6.49. The summed E-state index contributed by atoms with van der Waals surface area (Å²) in [6.45, 7) is 3.48. The number of amides is 1. The van der Waals surface area contributed by atoms with Crippen LogP contribution in [-0.2, 0) is 4.79 Å². The Balaban J connectivity index is 1.98. The molecule has 1 atom stereocenters. The number of carbonyl (C=O) groups excluding carboxylic acids is 1. The molecule has 0 aliphatic carbocycles. The lowest BCUT2D eigenvalue weighted by Gasteiger charge is -2.15. The second kappa shape index (κ2) is 8.38. The highest BCUT2D eigenvalue weighted by Gasteiger charge is 2.15. The second-order valence-electron chi connectivity index (χ2n) is 5.04. The summed E-state index contributed by atoms with van der Waals surface area (Å²) < 4.78 is 5.62. The number of hydrogen-bond donors (Lipinski definition) is 1. The van der Waals surface area contributed by atoms with E-state index in [1.54, 1.807) is 43.3 Å². The quantitative estimate of drug-likeness (QED) is 0.589.